The highest BCUT2D eigenvalue weighted by Gasteiger charge is 2.37. The highest BCUT2D eigenvalue weighted by atomic mass is 19.3. The van der Waals surface area contributed by atoms with Crippen LogP contribution in [0.4, 0.5) is 8.78 Å². The van der Waals surface area contributed by atoms with Gasteiger partial charge in [-0.2, -0.15) is 0 Å². The molecule has 0 spiro atoms. The number of Topliss-reactive ketones (excluding diaryl/α,β-unsaturated/α-hetero) is 1. The second kappa shape index (κ2) is 15.5. The van der Waals surface area contributed by atoms with Gasteiger partial charge in [-0.05, 0) is 69.2 Å². The van der Waals surface area contributed by atoms with Crippen LogP contribution in [0.25, 0.3) is 0 Å². The molecule has 248 valence electrons. The highest BCUT2D eigenvalue weighted by Crippen LogP contribution is 2.29. The molecule has 9 nitrogen and oxygen atoms in total. The lowest BCUT2D eigenvalue weighted by atomic mass is 9.90. The molecular formula is C34H48F2N4O5. The number of likely N-dealkylation sites (tertiary alicyclic amines) is 2. The Morgan fingerprint density at radius 3 is 2.47 bits per heavy atom. The zero-order valence-electron chi connectivity index (χ0n) is 26.2. The number of carbonyl (C=O) groups excluding carboxylic acids is 4. The van der Waals surface area contributed by atoms with Crippen molar-refractivity contribution in [1.82, 2.24) is 20.4 Å². The molecule has 3 atom stereocenters. The maximum Gasteiger partial charge on any atom is 0.250 e. The first kappa shape index (κ1) is 33.3. The van der Waals surface area contributed by atoms with E-state index in [1.165, 1.54) is 0 Å². The summed E-state index contributed by atoms with van der Waals surface area (Å²) in [4.78, 5) is 57.8. The van der Waals surface area contributed by atoms with Gasteiger partial charge < -0.3 is 25.2 Å². The number of nitrogens with one attached hydrogen (secondary N) is 2. The number of halogens is 2. The summed E-state index contributed by atoms with van der Waals surface area (Å²) in [5.41, 5.74) is 0.872. The van der Waals surface area contributed by atoms with Crippen molar-refractivity contribution in [2.75, 3.05) is 32.8 Å². The van der Waals surface area contributed by atoms with Gasteiger partial charge in [-0.25, -0.2) is 8.78 Å². The van der Waals surface area contributed by atoms with Gasteiger partial charge in [0.05, 0.1) is 12.6 Å². The van der Waals surface area contributed by atoms with Crippen LogP contribution >= 0.6 is 0 Å². The Labute approximate surface area is 264 Å². The summed E-state index contributed by atoms with van der Waals surface area (Å²) in [6.07, 6.45) is 6.86. The summed E-state index contributed by atoms with van der Waals surface area (Å²) in [7, 11) is 0. The quantitative estimate of drug-likeness (QED) is 0.492. The van der Waals surface area contributed by atoms with E-state index < -0.39 is 23.9 Å². The molecule has 1 aromatic rings. The fourth-order valence-electron chi connectivity index (χ4n) is 7.10. The second-order valence-electron chi connectivity index (χ2n) is 13.3. The van der Waals surface area contributed by atoms with Crippen LogP contribution in [0.5, 0.6) is 5.75 Å². The lowest BCUT2D eigenvalue weighted by Crippen LogP contribution is -2.51. The van der Waals surface area contributed by atoms with Crippen LogP contribution in [0, 0.1) is 5.92 Å². The number of hydrogen-bond donors (Lipinski definition) is 2. The van der Waals surface area contributed by atoms with Crippen molar-refractivity contribution in [3.63, 3.8) is 0 Å². The topological polar surface area (TPSA) is 108 Å². The van der Waals surface area contributed by atoms with Crippen LogP contribution in [-0.4, -0.2) is 90.1 Å². The lowest BCUT2D eigenvalue weighted by molar-refractivity contribution is -0.138. The van der Waals surface area contributed by atoms with Gasteiger partial charge >= 0.3 is 0 Å². The third-order valence-corrected chi connectivity index (χ3v) is 9.88. The summed E-state index contributed by atoms with van der Waals surface area (Å²) >= 11 is 0. The van der Waals surface area contributed by atoms with E-state index in [4.69, 9.17) is 4.74 Å². The van der Waals surface area contributed by atoms with Crippen LogP contribution in [0.3, 0.4) is 0 Å². The first-order valence-electron chi connectivity index (χ1n) is 16.9. The third-order valence-electron chi connectivity index (χ3n) is 9.88. The molecule has 1 aliphatic carbocycles. The molecule has 1 saturated carbocycles. The predicted molar refractivity (Wildman–Crippen MR) is 165 cm³/mol. The normalized spacial score (nSPS) is 27.6. The number of amides is 3. The molecule has 5 rings (SSSR count). The predicted octanol–water partition coefficient (Wildman–Crippen LogP) is 4.02. The number of piperidine rings is 1. The van der Waals surface area contributed by atoms with Gasteiger partial charge in [-0.3, -0.25) is 19.2 Å². The molecule has 4 aliphatic rings. The van der Waals surface area contributed by atoms with E-state index in [-0.39, 0.29) is 61.9 Å². The molecule has 0 unspecified atom stereocenters. The highest BCUT2D eigenvalue weighted by molar-refractivity contribution is 5.94. The molecule has 45 heavy (non-hydrogen) atoms. The number of rotatable bonds is 6. The summed E-state index contributed by atoms with van der Waals surface area (Å²) in [5, 5.41) is 6.09. The molecule has 0 aromatic heterocycles. The lowest BCUT2D eigenvalue weighted by Gasteiger charge is -2.33. The number of alkyl halides is 2. The Bertz CT molecular complexity index is 1200. The molecule has 2 saturated heterocycles. The molecule has 3 heterocycles. The van der Waals surface area contributed by atoms with Gasteiger partial charge in [0.2, 0.25) is 17.7 Å². The fraction of sp³-hybridized carbons (Fsp3) is 0.706. The van der Waals surface area contributed by atoms with Crippen LogP contribution in [0.1, 0.15) is 89.0 Å². The van der Waals surface area contributed by atoms with Crippen LogP contribution < -0.4 is 15.4 Å². The van der Waals surface area contributed by atoms with Crippen LogP contribution in [-0.2, 0) is 25.6 Å². The van der Waals surface area contributed by atoms with Crippen molar-refractivity contribution in [3.8, 4) is 5.75 Å². The Kier molecular flexibility index (Phi) is 11.4. The Morgan fingerprint density at radius 1 is 0.978 bits per heavy atom. The second-order valence-corrected chi connectivity index (χ2v) is 13.3. The van der Waals surface area contributed by atoms with Crippen molar-refractivity contribution < 1.29 is 32.7 Å². The Morgan fingerprint density at radius 2 is 1.73 bits per heavy atom. The Balaban J connectivity index is 1.38. The SMILES string of the molecule is O=C1N[C@H](C(=O)NC2CCCC2)CCCCOc2cccc(c2)C[C@H](N2CCCC2=O)C(=O)C[C@H]1CCN1CCC(F)(F)CC1. The monoisotopic (exact) mass is 630 g/mol. The van der Waals surface area contributed by atoms with E-state index in [9.17, 15) is 28.0 Å². The number of fused-ring (bicyclic) bond motifs is 2. The number of ether oxygens (including phenoxy) is 1. The van der Waals surface area contributed by atoms with E-state index in [0.717, 1.165) is 31.2 Å². The minimum atomic E-state index is -2.68. The molecular weight excluding hydrogens is 582 g/mol. The number of benzene rings is 1. The van der Waals surface area contributed by atoms with Crippen LogP contribution in [0.2, 0.25) is 0 Å². The molecule has 11 heteroatoms. The summed E-state index contributed by atoms with van der Waals surface area (Å²) < 4.78 is 33.6. The van der Waals surface area contributed by atoms with Crippen molar-refractivity contribution in [2.45, 2.75) is 114 Å². The Hall–Kier alpha value is -3.08. The first-order valence-corrected chi connectivity index (χ1v) is 16.9. The van der Waals surface area contributed by atoms with Crippen LogP contribution in [0.15, 0.2) is 24.3 Å². The van der Waals surface area contributed by atoms with Gasteiger partial charge in [0.15, 0.2) is 5.78 Å². The minimum Gasteiger partial charge on any atom is -0.494 e. The molecule has 3 amide bonds. The maximum atomic E-state index is 14.1. The molecule has 3 fully saturated rings. The summed E-state index contributed by atoms with van der Waals surface area (Å²) in [6.45, 7) is 1.77. The van der Waals surface area contributed by atoms with Gasteiger partial charge in [0, 0.05) is 63.7 Å². The molecule has 0 radical (unpaired) electrons. The number of ketones is 1. The van der Waals surface area contributed by atoms with E-state index in [0.29, 0.717) is 70.4 Å². The number of hydrogen-bond acceptors (Lipinski definition) is 6. The number of nitrogens with zero attached hydrogens (tertiary/aromatic N) is 2. The molecule has 2 N–H and O–H groups in total. The standard InChI is InChI=1S/C34H48F2N4O5/c35-34(36)14-18-39(19-15-34)17-13-25-23-30(41)29(40-16-6-12-31(40)42)22-24-7-5-10-27(21-24)45-20-4-3-11-28(38-32(25)43)33(44)37-26-8-1-2-9-26/h5,7,10,21,25-26,28-29H,1-4,6,8-9,11-20,22-23H2,(H,37,44)(H,38,43)/t25-,28+,29+/m1/s1. The molecule has 3 aliphatic heterocycles. The van der Waals surface area contributed by atoms with E-state index in [1.807, 2.05) is 29.2 Å². The van der Waals surface area contributed by atoms with Gasteiger partial charge in [0.1, 0.15) is 11.8 Å². The first-order chi connectivity index (χ1) is 21.7. The number of carbonyl (C=O) groups is 4. The summed E-state index contributed by atoms with van der Waals surface area (Å²) in [6, 6.07) is 6.18. The van der Waals surface area contributed by atoms with E-state index >= 15 is 0 Å². The average molecular weight is 631 g/mol. The van der Waals surface area contributed by atoms with Crippen molar-refractivity contribution >= 4 is 23.5 Å². The zero-order chi connectivity index (χ0) is 31.8. The zero-order valence-corrected chi connectivity index (χ0v) is 26.2. The maximum absolute atomic E-state index is 14.1. The minimum absolute atomic E-state index is 0.0750. The van der Waals surface area contributed by atoms with Gasteiger partial charge in [-0.15, -0.1) is 0 Å². The van der Waals surface area contributed by atoms with Gasteiger partial charge in [-0.1, -0.05) is 25.0 Å². The van der Waals surface area contributed by atoms with E-state index in [1.54, 1.807) is 4.90 Å². The van der Waals surface area contributed by atoms with Crippen molar-refractivity contribution in [1.29, 1.82) is 0 Å². The molecule has 1 aromatic carbocycles. The smallest absolute Gasteiger partial charge is 0.250 e. The van der Waals surface area contributed by atoms with Crippen molar-refractivity contribution in [3.05, 3.63) is 29.8 Å². The summed E-state index contributed by atoms with van der Waals surface area (Å²) in [5.74, 6) is -3.63. The fourth-order valence-corrected chi connectivity index (χ4v) is 7.10. The van der Waals surface area contributed by atoms with Gasteiger partial charge in [0.25, 0.3) is 5.92 Å². The van der Waals surface area contributed by atoms with E-state index in [2.05, 4.69) is 10.6 Å². The average Bonchev–Trinajstić information content (AvgIpc) is 3.69. The largest absolute Gasteiger partial charge is 0.494 e. The third kappa shape index (κ3) is 9.47. The van der Waals surface area contributed by atoms with Crippen molar-refractivity contribution in [2.24, 2.45) is 5.92 Å². The molecule has 2 bridgehead atoms.